The largest absolute Gasteiger partial charge is 0.485 e. The van der Waals surface area contributed by atoms with Gasteiger partial charge in [0.05, 0.1) is 29.7 Å². The maximum absolute atomic E-state index is 12.8. The van der Waals surface area contributed by atoms with Crippen molar-refractivity contribution in [3.8, 4) is 11.8 Å². The number of rotatable bonds is 11. The van der Waals surface area contributed by atoms with Crippen molar-refractivity contribution in [2.24, 2.45) is 17.8 Å². The van der Waals surface area contributed by atoms with Crippen LogP contribution in [0.4, 0.5) is 0 Å². The Kier molecular flexibility index (Phi) is 10.2. The molecule has 1 amide bonds. The number of carboxylic acids is 1. The van der Waals surface area contributed by atoms with E-state index >= 15 is 0 Å². The molecule has 2 N–H and O–H groups in total. The minimum absolute atomic E-state index is 0.0220. The Balaban J connectivity index is 1.67. The summed E-state index contributed by atoms with van der Waals surface area (Å²) in [6.45, 7) is 4.24. The molecule has 41 heavy (non-hydrogen) atoms. The first-order chi connectivity index (χ1) is 19.8. The van der Waals surface area contributed by atoms with Crippen LogP contribution in [0, 0.1) is 29.1 Å². The van der Waals surface area contributed by atoms with E-state index in [9.17, 15) is 14.9 Å². The molecule has 0 bridgehead atoms. The number of amides is 1. The molecule has 4 rings (SSSR count). The highest BCUT2D eigenvalue weighted by Gasteiger charge is 2.32. The number of carboxylic acid groups (broad SMARTS) is 1. The van der Waals surface area contributed by atoms with Crippen LogP contribution in [-0.4, -0.2) is 28.5 Å². The highest BCUT2D eigenvalue weighted by atomic mass is 35.5. The van der Waals surface area contributed by atoms with E-state index in [0.29, 0.717) is 28.5 Å². The van der Waals surface area contributed by atoms with Gasteiger partial charge in [-0.1, -0.05) is 68.3 Å². The third kappa shape index (κ3) is 7.53. The molecular formula is C33H34ClN3O4. The van der Waals surface area contributed by atoms with Gasteiger partial charge in [0, 0.05) is 29.2 Å². The summed E-state index contributed by atoms with van der Waals surface area (Å²) in [5.41, 5.74) is 4.24. The molecule has 0 aliphatic heterocycles. The lowest BCUT2D eigenvalue weighted by Crippen LogP contribution is -2.35. The molecule has 7 nitrogen and oxygen atoms in total. The van der Waals surface area contributed by atoms with Crippen LogP contribution in [0.1, 0.15) is 56.0 Å². The molecular weight excluding hydrogens is 538 g/mol. The summed E-state index contributed by atoms with van der Waals surface area (Å²) in [6.07, 6.45) is 15.2. The van der Waals surface area contributed by atoms with Gasteiger partial charge in [0.2, 0.25) is 5.91 Å². The van der Waals surface area contributed by atoms with Crippen molar-refractivity contribution in [3.05, 3.63) is 99.9 Å². The van der Waals surface area contributed by atoms with Gasteiger partial charge in [-0.15, -0.1) is 0 Å². The molecule has 0 saturated carbocycles. The molecule has 0 spiro atoms. The van der Waals surface area contributed by atoms with Crippen LogP contribution in [0.15, 0.2) is 78.1 Å². The van der Waals surface area contributed by atoms with Crippen LogP contribution >= 0.6 is 11.6 Å². The number of halogens is 1. The minimum atomic E-state index is -0.945. The fourth-order valence-corrected chi connectivity index (χ4v) is 5.44. The fraction of sp³-hybridized carbons (Fsp3) is 0.333. The molecule has 4 unspecified atom stereocenters. The topological polar surface area (TPSA) is 112 Å². The second-order valence-corrected chi connectivity index (χ2v) is 10.8. The smallest absolute Gasteiger partial charge is 0.305 e. The van der Waals surface area contributed by atoms with Gasteiger partial charge < -0.3 is 15.2 Å². The number of nitrogens with one attached hydrogen (secondary N) is 1. The standard InChI is InChI=1S/C33H34ClN3O4/c1-3-5-27(24-10-13-26(21(2)18-24)33(40)37-17-15-31(38)39)32(23-8-11-25(34)12-9-23)41-30-14-16-36-29-19-22(20-35)6-4-7-28(29)30/h4,6,8-14,16,18-19,21,26-27,32H,3,5,7,15,17H2,1-2H3,(H,37,40)(H,38,39). The van der Waals surface area contributed by atoms with Crippen molar-refractivity contribution in [2.75, 3.05) is 6.54 Å². The highest BCUT2D eigenvalue weighted by Crippen LogP contribution is 2.41. The van der Waals surface area contributed by atoms with Crippen LogP contribution in [0.2, 0.25) is 5.02 Å². The van der Waals surface area contributed by atoms with Crippen molar-refractivity contribution < 1.29 is 19.4 Å². The van der Waals surface area contributed by atoms with E-state index in [4.69, 9.17) is 21.4 Å². The zero-order chi connectivity index (χ0) is 29.4. The van der Waals surface area contributed by atoms with Crippen molar-refractivity contribution in [3.63, 3.8) is 0 Å². The number of aromatic nitrogens is 1. The summed E-state index contributed by atoms with van der Waals surface area (Å²) in [5, 5.41) is 21.7. The second kappa shape index (κ2) is 14.0. The van der Waals surface area contributed by atoms with Crippen molar-refractivity contribution in [2.45, 2.75) is 45.6 Å². The Morgan fingerprint density at radius 2 is 2.02 bits per heavy atom. The average Bonchev–Trinajstić information content (AvgIpc) is 3.18. The number of nitriles is 1. The number of allylic oxidation sites excluding steroid dienone is 5. The first kappa shape index (κ1) is 29.8. The van der Waals surface area contributed by atoms with E-state index in [-0.39, 0.29) is 42.7 Å². The molecule has 1 heterocycles. The highest BCUT2D eigenvalue weighted by molar-refractivity contribution is 6.30. The number of hydrogen-bond acceptors (Lipinski definition) is 5. The third-order valence-corrected chi connectivity index (χ3v) is 7.64. The van der Waals surface area contributed by atoms with Gasteiger partial charge in [-0.2, -0.15) is 5.26 Å². The maximum atomic E-state index is 12.8. The molecule has 4 atom stereocenters. The van der Waals surface area contributed by atoms with Gasteiger partial charge in [0.15, 0.2) is 0 Å². The Morgan fingerprint density at radius 1 is 1.24 bits per heavy atom. The molecule has 8 heteroatoms. The number of fused-ring (bicyclic) bond motifs is 1. The summed E-state index contributed by atoms with van der Waals surface area (Å²) >= 11 is 6.24. The van der Waals surface area contributed by atoms with Crippen molar-refractivity contribution in [1.82, 2.24) is 10.3 Å². The molecule has 0 saturated heterocycles. The molecule has 2 aliphatic rings. The van der Waals surface area contributed by atoms with Gasteiger partial charge in [-0.3, -0.25) is 14.6 Å². The van der Waals surface area contributed by atoms with Crippen LogP contribution in [0.25, 0.3) is 6.08 Å². The molecule has 1 aromatic heterocycles. The molecule has 212 valence electrons. The number of ether oxygens (including phenoxy) is 1. The van der Waals surface area contributed by atoms with E-state index in [1.54, 1.807) is 18.3 Å². The lowest BCUT2D eigenvalue weighted by atomic mass is 9.78. The molecule has 0 radical (unpaired) electrons. The van der Waals surface area contributed by atoms with E-state index < -0.39 is 5.97 Å². The molecule has 2 aromatic rings. The predicted molar refractivity (Wildman–Crippen MR) is 159 cm³/mol. The van der Waals surface area contributed by atoms with E-state index in [1.165, 1.54) is 0 Å². The molecule has 1 aromatic carbocycles. The quantitative estimate of drug-likeness (QED) is 0.313. The summed E-state index contributed by atoms with van der Waals surface area (Å²) in [6, 6.07) is 11.8. The SMILES string of the molecule is CCCC(C1=CC(C)C(C(=O)NCCC(=O)O)C=C1)C(Oc1ccnc2c1CC=CC(C#N)=C2)c1ccc(Cl)cc1. The summed E-state index contributed by atoms with van der Waals surface area (Å²) in [7, 11) is 0. The molecule has 0 fully saturated rings. The monoisotopic (exact) mass is 571 g/mol. The van der Waals surface area contributed by atoms with E-state index in [2.05, 4.69) is 29.4 Å². The van der Waals surface area contributed by atoms with Crippen LogP contribution in [-0.2, 0) is 16.0 Å². The Bertz CT molecular complexity index is 1440. The number of nitrogens with zero attached hydrogens (tertiary/aromatic N) is 2. The second-order valence-electron chi connectivity index (χ2n) is 10.3. The maximum Gasteiger partial charge on any atom is 0.305 e. The predicted octanol–water partition coefficient (Wildman–Crippen LogP) is 6.63. The average molecular weight is 572 g/mol. The van der Waals surface area contributed by atoms with Gasteiger partial charge in [-0.05, 0) is 60.2 Å². The van der Waals surface area contributed by atoms with Crippen molar-refractivity contribution in [1.29, 1.82) is 5.26 Å². The lowest BCUT2D eigenvalue weighted by Gasteiger charge is -2.33. The van der Waals surface area contributed by atoms with Gasteiger partial charge in [0.25, 0.3) is 0 Å². The van der Waals surface area contributed by atoms with Gasteiger partial charge >= 0.3 is 5.97 Å². The summed E-state index contributed by atoms with van der Waals surface area (Å²) in [5.74, 6) is -0.902. The van der Waals surface area contributed by atoms with E-state index in [0.717, 1.165) is 29.5 Å². The lowest BCUT2D eigenvalue weighted by molar-refractivity contribution is -0.137. The number of hydrogen-bond donors (Lipinski definition) is 2. The number of pyridine rings is 1. The fourth-order valence-electron chi connectivity index (χ4n) is 5.31. The van der Waals surface area contributed by atoms with E-state index in [1.807, 2.05) is 55.5 Å². The zero-order valence-electron chi connectivity index (χ0n) is 23.2. The summed E-state index contributed by atoms with van der Waals surface area (Å²) in [4.78, 5) is 28.1. The van der Waals surface area contributed by atoms with Crippen LogP contribution in [0.5, 0.6) is 5.75 Å². The number of aliphatic carboxylic acids is 1. The first-order valence-corrected chi connectivity index (χ1v) is 14.3. The Morgan fingerprint density at radius 3 is 2.71 bits per heavy atom. The number of benzene rings is 1. The van der Waals surface area contributed by atoms with Crippen molar-refractivity contribution >= 4 is 29.6 Å². The zero-order valence-corrected chi connectivity index (χ0v) is 24.0. The number of carbonyl (C=O) groups excluding carboxylic acids is 1. The van der Waals surface area contributed by atoms with Gasteiger partial charge in [-0.25, -0.2) is 0 Å². The Hall–Kier alpha value is -4.15. The summed E-state index contributed by atoms with van der Waals surface area (Å²) < 4.78 is 6.88. The Labute approximate surface area is 245 Å². The van der Waals surface area contributed by atoms with Crippen LogP contribution in [0.3, 0.4) is 0 Å². The normalized spacial score (nSPS) is 19.1. The van der Waals surface area contributed by atoms with Crippen LogP contribution < -0.4 is 10.1 Å². The van der Waals surface area contributed by atoms with Gasteiger partial charge in [0.1, 0.15) is 11.9 Å². The number of carbonyl (C=O) groups is 2. The molecule has 2 aliphatic carbocycles. The first-order valence-electron chi connectivity index (χ1n) is 13.9. The third-order valence-electron chi connectivity index (χ3n) is 7.39. The minimum Gasteiger partial charge on any atom is -0.485 e.